The van der Waals surface area contributed by atoms with Gasteiger partial charge in [0.1, 0.15) is 12.6 Å². The van der Waals surface area contributed by atoms with Crippen LogP contribution < -0.4 is 9.62 Å². The molecule has 1 atom stereocenters. The standard InChI is InChI=1S/C29H33Cl2N3O4S/c1-4-5-17-32-29(36)22(3)33(19-23-13-14-24(30)18-27(23)31)28(35)20-34(25-9-7-6-8-10-25)39(37,38)26-15-11-21(2)12-16-26/h6-16,18,22H,4-5,17,19-20H2,1-3H3,(H,32,36)/t22-/m1/s1. The maximum absolute atomic E-state index is 13.9. The SMILES string of the molecule is CCCCNC(=O)[C@@H](C)N(Cc1ccc(Cl)cc1Cl)C(=O)CN(c1ccccc1)S(=O)(=O)c1ccc(C)cc1. The molecule has 2 amide bonds. The molecule has 0 aliphatic heterocycles. The second-order valence-electron chi connectivity index (χ2n) is 9.24. The summed E-state index contributed by atoms with van der Waals surface area (Å²) in [7, 11) is -4.11. The Morgan fingerprint density at radius 3 is 2.26 bits per heavy atom. The third-order valence-corrected chi connectivity index (χ3v) is 8.66. The zero-order valence-corrected chi connectivity index (χ0v) is 24.6. The Morgan fingerprint density at radius 1 is 0.974 bits per heavy atom. The van der Waals surface area contributed by atoms with E-state index in [0.717, 1.165) is 22.7 Å². The number of aryl methyl sites for hydroxylation is 1. The van der Waals surface area contributed by atoms with E-state index in [2.05, 4.69) is 5.32 Å². The van der Waals surface area contributed by atoms with Gasteiger partial charge in [-0.1, -0.05) is 78.5 Å². The fourth-order valence-electron chi connectivity index (χ4n) is 3.91. The number of anilines is 1. The third kappa shape index (κ3) is 7.97. The molecule has 39 heavy (non-hydrogen) atoms. The normalized spacial score (nSPS) is 12.0. The smallest absolute Gasteiger partial charge is 0.264 e. The average Bonchev–Trinajstić information content (AvgIpc) is 2.91. The topological polar surface area (TPSA) is 86.8 Å². The number of para-hydroxylation sites is 1. The molecule has 208 valence electrons. The number of hydrogen-bond donors (Lipinski definition) is 1. The van der Waals surface area contributed by atoms with Gasteiger partial charge in [-0.15, -0.1) is 0 Å². The third-order valence-electron chi connectivity index (χ3n) is 6.28. The van der Waals surface area contributed by atoms with Crippen molar-refractivity contribution in [3.05, 3.63) is 94.0 Å². The lowest BCUT2D eigenvalue weighted by molar-refractivity contribution is -0.139. The van der Waals surface area contributed by atoms with Crippen LogP contribution in [0.25, 0.3) is 0 Å². The van der Waals surface area contributed by atoms with Gasteiger partial charge in [-0.2, -0.15) is 0 Å². The molecule has 0 spiro atoms. The quantitative estimate of drug-likeness (QED) is 0.269. The van der Waals surface area contributed by atoms with Crippen LogP contribution in [0.15, 0.2) is 77.7 Å². The summed E-state index contributed by atoms with van der Waals surface area (Å²) in [6.07, 6.45) is 1.70. The van der Waals surface area contributed by atoms with Crippen LogP contribution >= 0.6 is 23.2 Å². The van der Waals surface area contributed by atoms with Crippen LogP contribution in [0.1, 0.15) is 37.8 Å². The van der Waals surface area contributed by atoms with Crippen molar-refractivity contribution in [2.75, 3.05) is 17.4 Å². The molecule has 0 saturated carbocycles. The Morgan fingerprint density at radius 2 is 1.64 bits per heavy atom. The van der Waals surface area contributed by atoms with Crippen LogP contribution in [-0.4, -0.2) is 44.3 Å². The highest BCUT2D eigenvalue weighted by molar-refractivity contribution is 7.92. The Hall–Kier alpha value is -3.07. The van der Waals surface area contributed by atoms with Crippen molar-refractivity contribution >= 4 is 50.7 Å². The Kier molecular flexibility index (Phi) is 10.8. The zero-order chi connectivity index (χ0) is 28.6. The summed E-state index contributed by atoms with van der Waals surface area (Å²) in [5.74, 6) is -0.895. The number of carbonyl (C=O) groups excluding carboxylic acids is 2. The second kappa shape index (κ2) is 13.8. The minimum Gasteiger partial charge on any atom is -0.354 e. The molecule has 0 aliphatic carbocycles. The Labute approximate surface area is 240 Å². The van der Waals surface area contributed by atoms with Crippen LogP contribution in [0, 0.1) is 6.92 Å². The molecule has 0 heterocycles. The molecular formula is C29H33Cl2N3O4S. The summed E-state index contributed by atoms with van der Waals surface area (Å²) in [6, 6.07) is 18.9. The lowest BCUT2D eigenvalue weighted by Gasteiger charge is -2.32. The van der Waals surface area contributed by atoms with E-state index >= 15 is 0 Å². The average molecular weight is 591 g/mol. The first-order valence-electron chi connectivity index (χ1n) is 12.7. The molecule has 0 aliphatic rings. The lowest BCUT2D eigenvalue weighted by Crippen LogP contribution is -2.51. The summed E-state index contributed by atoms with van der Waals surface area (Å²) in [6.45, 7) is 5.44. The number of nitrogens with one attached hydrogen (secondary N) is 1. The number of amides is 2. The monoisotopic (exact) mass is 589 g/mol. The maximum Gasteiger partial charge on any atom is 0.264 e. The molecule has 7 nitrogen and oxygen atoms in total. The predicted octanol–water partition coefficient (Wildman–Crippen LogP) is 5.83. The van der Waals surface area contributed by atoms with Gasteiger partial charge in [0.05, 0.1) is 10.6 Å². The summed E-state index contributed by atoms with van der Waals surface area (Å²) in [4.78, 5) is 28.3. The minimum atomic E-state index is -4.11. The van der Waals surface area contributed by atoms with Gasteiger partial charge in [0.2, 0.25) is 11.8 Å². The molecule has 1 N–H and O–H groups in total. The molecule has 0 aromatic heterocycles. The molecule has 3 aromatic rings. The van der Waals surface area contributed by atoms with Gasteiger partial charge in [-0.05, 0) is 62.2 Å². The van der Waals surface area contributed by atoms with Gasteiger partial charge in [0, 0.05) is 23.1 Å². The number of rotatable bonds is 12. The molecule has 0 unspecified atom stereocenters. The summed E-state index contributed by atoms with van der Waals surface area (Å²) in [5.41, 5.74) is 1.82. The highest BCUT2D eigenvalue weighted by atomic mass is 35.5. The van der Waals surface area contributed by atoms with Crippen molar-refractivity contribution in [3.63, 3.8) is 0 Å². The van der Waals surface area contributed by atoms with E-state index in [1.165, 1.54) is 17.0 Å². The van der Waals surface area contributed by atoms with Gasteiger partial charge >= 0.3 is 0 Å². The van der Waals surface area contributed by atoms with Gasteiger partial charge in [-0.3, -0.25) is 13.9 Å². The van der Waals surface area contributed by atoms with Crippen LogP contribution in [0.3, 0.4) is 0 Å². The fraction of sp³-hybridized carbons (Fsp3) is 0.310. The van der Waals surface area contributed by atoms with Crippen molar-refractivity contribution in [3.8, 4) is 0 Å². The highest BCUT2D eigenvalue weighted by Crippen LogP contribution is 2.26. The molecule has 0 fully saturated rings. The van der Waals surface area contributed by atoms with E-state index in [9.17, 15) is 18.0 Å². The van der Waals surface area contributed by atoms with Crippen molar-refractivity contribution in [2.24, 2.45) is 0 Å². The van der Waals surface area contributed by atoms with Gasteiger partial charge in [0.15, 0.2) is 0 Å². The van der Waals surface area contributed by atoms with Crippen molar-refractivity contribution in [2.45, 2.75) is 51.1 Å². The number of hydrogen-bond acceptors (Lipinski definition) is 4. The fourth-order valence-corrected chi connectivity index (χ4v) is 5.80. The minimum absolute atomic E-state index is 0.00951. The van der Waals surface area contributed by atoms with Crippen molar-refractivity contribution in [1.82, 2.24) is 10.2 Å². The molecule has 3 aromatic carbocycles. The second-order valence-corrected chi connectivity index (χ2v) is 11.9. The number of unbranched alkanes of at least 4 members (excludes halogenated alkanes) is 1. The van der Waals surface area contributed by atoms with Crippen LogP contribution in [0.5, 0.6) is 0 Å². The van der Waals surface area contributed by atoms with Crippen molar-refractivity contribution < 1.29 is 18.0 Å². The predicted molar refractivity (Wildman–Crippen MR) is 157 cm³/mol. The van der Waals surface area contributed by atoms with E-state index in [1.54, 1.807) is 67.6 Å². The largest absolute Gasteiger partial charge is 0.354 e. The van der Waals surface area contributed by atoms with E-state index < -0.39 is 28.5 Å². The van der Waals surface area contributed by atoms with Gasteiger partial charge < -0.3 is 10.2 Å². The maximum atomic E-state index is 13.9. The zero-order valence-electron chi connectivity index (χ0n) is 22.2. The number of nitrogens with zero attached hydrogens (tertiary/aromatic N) is 2. The molecule has 10 heteroatoms. The van der Waals surface area contributed by atoms with E-state index in [-0.39, 0.29) is 17.3 Å². The molecular weight excluding hydrogens is 557 g/mol. The van der Waals surface area contributed by atoms with Gasteiger partial charge in [-0.25, -0.2) is 8.42 Å². The number of benzene rings is 3. The molecule has 0 saturated heterocycles. The first kappa shape index (κ1) is 30.5. The van der Waals surface area contributed by atoms with Crippen LogP contribution in [-0.2, 0) is 26.2 Å². The number of halogens is 2. The first-order chi connectivity index (χ1) is 18.5. The number of sulfonamides is 1. The van der Waals surface area contributed by atoms with E-state index in [1.807, 2.05) is 13.8 Å². The number of carbonyl (C=O) groups is 2. The summed E-state index contributed by atoms with van der Waals surface area (Å²) in [5, 5.41) is 3.63. The molecule has 0 radical (unpaired) electrons. The summed E-state index contributed by atoms with van der Waals surface area (Å²) < 4.78 is 28.6. The molecule has 0 bridgehead atoms. The van der Waals surface area contributed by atoms with E-state index in [4.69, 9.17) is 23.2 Å². The van der Waals surface area contributed by atoms with Crippen LogP contribution in [0.2, 0.25) is 10.0 Å². The molecule has 3 rings (SSSR count). The Bertz CT molecular complexity index is 1380. The first-order valence-corrected chi connectivity index (χ1v) is 14.9. The van der Waals surface area contributed by atoms with Gasteiger partial charge in [0.25, 0.3) is 10.0 Å². The van der Waals surface area contributed by atoms with E-state index in [0.29, 0.717) is 27.8 Å². The van der Waals surface area contributed by atoms with Crippen LogP contribution in [0.4, 0.5) is 5.69 Å². The summed E-state index contributed by atoms with van der Waals surface area (Å²) >= 11 is 12.5. The Balaban J connectivity index is 1.99. The van der Waals surface area contributed by atoms with Crippen molar-refractivity contribution in [1.29, 1.82) is 0 Å². The lowest BCUT2D eigenvalue weighted by atomic mass is 10.1. The highest BCUT2D eigenvalue weighted by Gasteiger charge is 2.32.